The van der Waals surface area contributed by atoms with Gasteiger partial charge < -0.3 is 15.2 Å². The number of carbonyl (C=O) groups is 2. The smallest absolute Gasteiger partial charge is 0.328 e. The van der Waals surface area contributed by atoms with Gasteiger partial charge in [0.05, 0.1) is 0 Å². The second kappa shape index (κ2) is 8.16. The molecule has 0 radical (unpaired) electrons. The maximum absolute atomic E-state index is 13.7. The lowest BCUT2D eigenvalue weighted by Gasteiger charge is -2.11. The van der Waals surface area contributed by atoms with Crippen molar-refractivity contribution in [1.82, 2.24) is 0 Å². The van der Waals surface area contributed by atoms with Crippen LogP contribution in [-0.4, -0.2) is 30.7 Å². The lowest BCUT2D eigenvalue weighted by Crippen LogP contribution is -2.17. The first-order valence-corrected chi connectivity index (χ1v) is 6.41. The van der Waals surface area contributed by atoms with Crippen LogP contribution in [-0.2, 0) is 14.3 Å². The summed E-state index contributed by atoms with van der Waals surface area (Å²) in [6, 6.07) is 4.08. The van der Waals surface area contributed by atoms with E-state index in [1.54, 1.807) is 7.11 Å². The number of aliphatic carboxylic acids is 1. The van der Waals surface area contributed by atoms with Crippen molar-refractivity contribution in [2.24, 2.45) is 5.92 Å². The molecule has 1 rings (SSSR count). The molecular weight excluding hydrogens is 277 g/mol. The molecule has 21 heavy (non-hydrogen) atoms. The van der Waals surface area contributed by atoms with Crippen LogP contribution < -0.4 is 5.32 Å². The average molecular weight is 295 g/mol. The highest BCUT2D eigenvalue weighted by molar-refractivity contribution is 5.91. The summed E-state index contributed by atoms with van der Waals surface area (Å²) >= 11 is 0. The molecule has 1 aromatic rings. The number of carboxylic acid groups (broad SMARTS) is 1. The van der Waals surface area contributed by atoms with E-state index in [-0.39, 0.29) is 23.8 Å². The van der Waals surface area contributed by atoms with E-state index in [1.807, 2.05) is 6.92 Å². The largest absolute Gasteiger partial charge is 0.478 e. The minimum absolute atomic E-state index is 0.0672. The van der Waals surface area contributed by atoms with Gasteiger partial charge in [0.2, 0.25) is 5.91 Å². The second-order valence-electron chi connectivity index (χ2n) is 4.72. The molecule has 0 saturated carbocycles. The van der Waals surface area contributed by atoms with E-state index in [4.69, 9.17) is 9.84 Å². The minimum atomic E-state index is -1.15. The first kappa shape index (κ1) is 16.8. The average Bonchev–Trinajstić information content (AvgIpc) is 2.37. The van der Waals surface area contributed by atoms with Gasteiger partial charge in [0, 0.05) is 37.5 Å². The SMILES string of the molecule is COCC(C)CC(=O)Nc1ccc(/C=C/C(=O)O)c(F)c1. The number of halogens is 1. The van der Waals surface area contributed by atoms with Gasteiger partial charge in [-0.15, -0.1) is 0 Å². The number of methoxy groups -OCH3 is 1. The molecular formula is C15H18FNO4. The number of anilines is 1. The quantitative estimate of drug-likeness (QED) is 0.758. The molecule has 1 amide bonds. The van der Waals surface area contributed by atoms with Gasteiger partial charge in [-0.2, -0.15) is 0 Å². The summed E-state index contributed by atoms with van der Waals surface area (Å²) < 4.78 is 18.7. The zero-order valence-electron chi connectivity index (χ0n) is 11.9. The van der Waals surface area contributed by atoms with E-state index < -0.39 is 11.8 Å². The van der Waals surface area contributed by atoms with E-state index in [0.717, 1.165) is 18.2 Å². The molecule has 0 heterocycles. The zero-order valence-corrected chi connectivity index (χ0v) is 11.9. The number of carbonyl (C=O) groups excluding carboxylic acids is 1. The Morgan fingerprint density at radius 3 is 2.76 bits per heavy atom. The van der Waals surface area contributed by atoms with E-state index in [1.165, 1.54) is 12.1 Å². The number of carboxylic acids is 1. The number of benzene rings is 1. The normalized spacial score (nSPS) is 12.3. The van der Waals surface area contributed by atoms with Crippen LogP contribution in [0.1, 0.15) is 18.9 Å². The minimum Gasteiger partial charge on any atom is -0.478 e. The summed E-state index contributed by atoms with van der Waals surface area (Å²) in [5.74, 6) is -1.92. The van der Waals surface area contributed by atoms with Gasteiger partial charge in [0.25, 0.3) is 0 Å². The fourth-order valence-electron chi connectivity index (χ4n) is 1.77. The molecule has 0 bridgehead atoms. The maximum Gasteiger partial charge on any atom is 0.328 e. The number of ether oxygens (including phenoxy) is 1. The van der Waals surface area contributed by atoms with Gasteiger partial charge in [-0.1, -0.05) is 6.92 Å². The number of nitrogens with one attached hydrogen (secondary N) is 1. The number of amides is 1. The molecule has 1 atom stereocenters. The third-order valence-corrected chi connectivity index (χ3v) is 2.67. The molecule has 0 aliphatic heterocycles. The molecule has 0 spiro atoms. The highest BCUT2D eigenvalue weighted by Crippen LogP contribution is 2.16. The van der Waals surface area contributed by atoms with Gasteiger partial charge in [0.15, 0.2) is 0 Å². The number of hydrogen-bond donors (Lipinski definition) is 2. The summed E-state index contributed by atoms with van der Waals surface area (Å²) in [5, 5.41) is 11.1. The summed E-state index contributed by atoms with van der Waals surface area (Å²) in [7, 11) is 1.56. The van der Waals surface area contributed by atoms with Gasteiger partial charge in [0.1, 0.15) is 5.82 Å². The third kappa shape index (κ3) is 6.18. The van der Waals surface area contributed by atoms with Gasteiger partial charge in [-0.3, -0.25) is 4.79 Å². The fourth-order valence-corrected chi connectivity index (χ4v) is 1.77. The highest BCUT2D eigenvalue weighted by atomic mass is 19.1. The second-order valence-corrected chi connectivity index (χ2v) is 4.72. The van der Waals surface area contributed by atoms with Crippen molar-refractivity contribution < 1.29 is 23.8 Å². The lowest BCUT2D eigenvalue weighted by atomic mass is 10.1. The van der Waals surface area contributed by atoms with Crippen LogP contribution in [0.25, 0.3) is 6.08 Å². The van der Waals surface area contributed by atoms with Crippen LogP contribution >= 0.6 is 0 Å². The molecule has 5 nitrogen and oxygen atoms in total. The zero-order chi connectivity index (χ0) is 15.8. The number of rotatable bonds is 7. The van der Waals surface area contributed by atoms with Gasteiger partial charge >= 0.3 is 5.97 Å². The van der Waals surface area contributed by atoms with Crippen LogP contribution in [0.5, 0.6) is 0 Å². The van der Waals surface area contributed by atoms with Crippen LogP contribution in [0.2, 0.25) is 0 Å². The lowest BCUT2D eigenvalue weighted by molar-refractivity contribution is -0.131. The number of hydrogen-bond acceptors (Lipinski definition) is 3. The molecule has 0 aliphatic rings. The molecule has 1 aromatic carbocycles. The van der Waals surface area contributed by atoms with Crippen molar-refractivity contribution in [2.45, 2.75) is 13.3 Å². The van der Waals surface area contributed by atoms with Crippen molar-refractivity contribution in [3.8, 4) is 0 Å². The maximum atomic E-state index is 13.7. The summed E-state index contributed by atoms with van der Waals surface area (Å²) in [5.41, 5.74) is 0.470. The Balaban J connectivity index is 2.67. The Bertz CT molecular complexity index is 542. The molecule has 2 N–H and O–H groups in total. The molecule has 114 valence electrons. The molecule has 6 heteroatoms. The Hall–Kier alpha value is -2.21. The standard InChI is InChI=1S/C15H18FNO4/c1-10(9-21-2)7-14(18)17-12-5-3-11(13(16)8-12)4-6-15(19)20/h3-6,8,10H,7,9H2,1-2H3,(H,17,18)(H,19,20)/b6-4+. The fraction of sp³-hybridized carbons (Fsp3) is 0.333. The van der Waals surface area contributed by atoms with Crippen LogP contribution in [0.4, 0.5) is 10.1 Å². The Morgan fingerprint density at radius 1 is 1.48 bits per heavy atom. The van der Waals surface area contributed by atoms with Crippen LogP contribution in [0, 0.1) is 11.7 Å². The molecule has 0 aliphatic carbocycles. The molecule has 0 saturated heterocycles. The van der Waals surface area contributed by atoms with E-state index >= 15 is 0 Å². The van der Waals surface area contributed by atoms with Crippen molar-refractivity contribution >= 4 is 23.6 Å². The summed E-state index contributed by atoms with van der Waals surface area (Å²) in [6.45, 7) is 2.35. The summed E-state index contributed by atoms with van der Waals surface area (Å²) in [6.07, 6.45) is 2.28. The van der Waals surface area contributed by atoms with Crippen molar-refractivity contribution in [2.75, 3.05) is 19.0 Å². The van der Waals surface area contributed by atoms with Gasteiger partial charge in [-0.05, 0) is 30.2 Å². The summed E-state index contributed by atoms with van der Waals surface area (Å²) in [4.78, 5) is 22.1. The predicted molar refractivity (Wildman–Crippen MR) is 77.4 cm³/mol. The molecule has 0 fully saturated rings. The Morgan fingerprint density at radius 2 is 2.19 bits per heavy atom. The third-order valence-electron chi connectivity index (χ3n) is 2.67. The Kier molecular flexibility index (Phi) is 6.55. The first-order chi connectivity index (χ1) is 9.92. The van der Waals surface area contributed by atoms with Crippen molar-refractivity contribution in [1.29, 1.82) is 0 Å². The highest BCUT2D eigenvalue weighted by Gasteiger charge is 2.10. The van der Waals surface area contributed by atoms with Crippen LogP contribution in [0.15, 0.2) is 24.3 Å². The predicted octanol–water partition coefficient (Wildman–Crippen LogP) is 2.53. The van der Waals surface area contributed by atoms with E-state index in [0.29, 0.717) is 12.3 Å². The Labute approximate surface area is 122 Å². The van der Waals surface area contributed by atoms with Crippen molar-refractivity contribution in [3.63, 3.8) is 0 Å². The topological polar surface area (TPSA) is 75.6 Å². The molecule has 1 unspecified atom stereocenters. The van der Waals surface area contributed by atoms with Gasteiger partial charge in [-0.25, -0.2) is 9.18 Å². The van der Waals surface area contributed by atoms with E-state index in [2.05, 4.69) is 5.32 Å². The van der Waals surface area contributed by atoms with Crippen molar-refractivity contribution in [3.05, 3.63) is 35.7 Å². The monoisotopic (exact) mass is 295 g/mol. The van der Waals surface area contributed by atoms with Crippen LogP contribution in [0.3, 0.4) is 0 Å². The molecule has 0 aromatic heterocycles. The van der Waals surface area contributed by atoms with E-state index in [9.17, 15) is 14.0 Å². The first-order valence-electron chi connectivity index (χ1n) is 6.41.